The quantitative estimate of drug-likeness (QED) is 0.708. The van der Waals surface area contributed by atoms with E-state index in [9.17, 15) is 9.59 Å². The zero-order valence-electron chi connectivity index (χ0n) is 19.9. The normalized spacial score (nSPS) is 31.4. The largest absolute Gasteiger partial charge is 0.349 e. The lowest BCUT2D eigenvalue weighted by molar-refractivity contribution is -0.120. The molecule has 4 fully saturated rings. The van der Waals surface area contributed by atoms with Gasteiger partial charge in [0.1, 0.15) is 0 Å². The van der Waals surface area contributed by atoms with Gasteiger partial charge in [0.25, 0.3) is 0 Å². The van der Waals surface area contributed by atoms with Crippen molar-refractivity contribution in [3.8, 4) is 0 Å². The summed E-state index contributed by atoms with van der Waals surface area (Å²) >= 11 is 0. The van der Waals surface area contributed by atoms with Crippen molar-refractivity contribution in [1.29, 1.82) is 0 Å². The monoisotopic (exact) mass is 438 g/mol. The minimum absolute atomic E-state index is 0.00925. The van der Waals surface area contributed by atoms with Gasteiger partial charge in [-0.25, -0.2) is 4.79 Å². The van der Waals surface area contributed by atoms with Crippen LogP contribution in [-0.4, -0.2) is 71.4 Å². The molecule has 5 rings (SSSR count). The fourth-order valence-corrected chi connectivity index (χ4v) is 6.35. The van der Waals surface area contributed by atoms with Crippen LogP contribution in [0.3, 0.4) is 0 Å². The first-order chi connectivity index (χ1) is 15.3. The lowest BCUT2D eigenvalue weighted by Crippen LogP contribution is -2.55. The lowest BCUT2D eigenvalue weighted by Gasteiger charge is -2.51. The summed E-state index contributed by atoms with van der Waals surface area (Å²) in [6.45, 7) is 3.95. The van der Waals surface area contributed by atoms with Crippen molar-refractivity contribution in [2.24, 2.45) is 5.92 Å². The minimum Gasteiger partial charge on any atom is -0.349 e. The van der Waals surface area contributed by atoms with Crippen molar-refractivity contribution in [3.63, 3.8) is 0 Å². The molecule has 0 bridgehead atoms. The molecule has 6 heteroatoms. The van der Waals surface area contributed by atoms with E-state index in [4.69, 9.17) is 0 Å². The highest BCUT2D eigenvalue weighted by atomic mass is 16.2. The Bertz CT molecular complexity index is 867. The molecule has 4 aliphatic rings. The zero-order chi connectivity index (χ0) is 22.6. The van der Waals surface area contributed by atoms with Crippen molar-refractivity contribution >= 4 is 11.9 Å². The molecule has 1 saturated heterocycles. The number of nitrogens with zero attached hydrogens (tertiary/aromatic N) is 3. The first-order valence-corrected chi connectivity index (χ1v) is 12.4. The summed E-state index contributed by atoms with van der Waals surface area (Å²) in [5, 5.41) is 3.13. The Morgan fingerprint density at radius 1 is 1.06 bits per heavy atom. The van der Waals surface area contributed by atoms with E-state index in [-0.39, 0.29) is 28.6 Å². The van der Waals surface area contributed by atoms with E-state index < -0.39 is 0 Å². The van der Waals surface area contributed by atoms with Gasteiger partial charge in [0.05, 0.1) is 11.1 Å². The Balaban J connectivity index is 1.37. The Hall–Kier alpha value is -2.08. The van der Waals surface area contributed by atoms with Gasteiger partial charge in [0.15, 0.2) is 0 Å². The van der Waals surface area contributed by atoms with Gasteiger partial charge < -0.3 is 15.1 Å². The van der Waals surface area contributed by atoms with Gasteiger partial charge in [-0.2, -0.15) is 0 Å². The summed E-state index contributed by atoms with van der Waals surface area (Å²) in [7, 11) is 4.40. The van der Waals surface area contributed by atoms with Crippen LogP contribution in [0.2, 0.25) is 0 Å². The SMILES string of the molecule is CC(=O)NC1(CN2CC3(CCC(c4ccccc4)(N(C)C)CC3)N(CC3CC3)C2=O)CC1. The third-order valence-electron chi connectivity index (χ3n) is 8.66. The number of amides is 3. The van der Waals surface area contributed by atoms with Crippen LogP contribution in [-0.2, 0) is 10.3 Å². The van der Waals surface area contributed by atoms with Crippen LogP contribution < -0.4 is 5.32 Å². The van der Waals surface area contributed by atoms with Gasteiger partial charge >= 0.3 is 6.03 Å². The van der Waals surface area contributed by atoms with E-state index in [2.05, 4.69) is 64.4 Å². The van der Waals surface area contributed by atoms with Crippen molar-refractivity contribution in [2.75, 3.05) is 33.7 Å². The van der Waals surface area contributed by atoms with Crippen molar-refractivity contribution in [2.45, 2.75) is 74.9 Å². The molecule has 1 aromatic rings. The molecular weight excluding hydrogens is 400 g/mol. The van der Waals surface area contributed by atoms with Gasteiger partial charge in [0, 0.05) is 32.1 Å². The molecule has 3 amide bonds. The third kappa shape index (κ3) is 3.81. The minimum atomic E-state index is -0.190. The van der Waals surface area contributed by atoms with Crippen molar-refractivity contribution in [1.82, 2.24) is 20.0 Å². The van der Waals surface area contributed by atoms with Crippen LogP contribution in [0, 0.1) is 5.92 Å². The fraction of sp³-hybridized carbons (Fsp3) is 0.692. The number of nitrogens with one attached hydrogen (secondary N) is 1. The maximum Gasteiger partial charge on any atom is 0.320 e. The molecule has 3 aliphatic carbocycles. The molecule has 0 atom stereocenters. The highest BCUT2D eigenvalue weighted by molar-refractivity contribution is 5.79. The molecule has 0 radical (unpaired) electrons. The van der Waals surface area contributed by atoms with Crippen LogP contribution >= 0.6 is 0 Å². The molecule has 3 saturated carbocycles. The van der Waals surface area contributed by atoms with E-state index in [0.29, 0.717) is 12.5 Å². The highest BCUT2D eigenvalue weighted by Gasteiger charge is 2.57. The van der Waals surface area contributed by atoms with E-state index in [1.54, 1.807) is 6.92 Å². The second-order valence-corrected chi connectivity index (χ2v) is 11.2. The molecule has 174 valence electrons. The van der Waals surface area contributed by atoms with Crippen LogP contribution in [0.5, 0.6) is 0 Å². The van der Waals surface area contributed by atoms with Crippen molar-refractivity contribution < 1.29 is 9.59 Å². The number of carbonyl (C=O) groups is 2. The summed E-state index contributed by atoms with van der Waals surface area (Å²) in [6.07, 6.45) is 8.63. The predicted molar refractivity (Wildman–Crippen MR) is 125 cm³/mol. The number of benzene rings is 1. The second kappa shape index (κ2) is 7.75. The summed E-state index contributed by atoms with van der Waals surface area (Å²) in [5.74, 6) is 0.686. The molecule has 1 heterocycles. The summed E-state index contributed by atoms with van der Waals surface area (Å²) in [5.41, 5.74) is 1.16. The molecule has 0 aromatic heterocycles. The Morgan fingerprint density at radius 3 is 2.25 bits per heavy atom. The Morgan fingerprint density at radius 2 is 1.72 bits per heavy atom. The van der Waals surface area contributed by atoms with Gasteiger partial charge in [-0.05, 0) is 76.9 Å². The van der Waals surface area contributed by atoms with Gasteiger partial charge in [-0.3, -0.25) is 9.69 Å². The van der Waals surface area contributed by atoms with Gasteiger partial charge in [-0.1, -0.05) is 30.3 Å². The average Bonchev–Trinajstić information content (AvgIpc) is 3.69. The molecule has 1 aromatic carbocycles. The molecular formula is C26H38N4O2. The number of hydrogen-bond acceptors (Lipinski definition) is 3. The fourth-order valence-electron chi connectivity index (χ4n) is 6.35. The summed E-state index contributed by atoms with van der Waals surface area (Å²) in [4.78, 5) is 32.0. The highest BCUT2D eigenvalue weighted by Crippen LogP contribution is 2.50. The maximum atomic E-state index is 13.6. The number of rotatable bonds is 7. The standard InChI is InChI=1S/C26H38N4O2/c1-20(31)27-24(11-12-24)18-29-19-25(30(23(29)32)17-21-9-10-21)13-15-26(16-14-25,28(2)3)22-7-5-4-6-8-22/h4-8,21H,9-19H2,1-3H3,(H,27,31). The molecule has 1 spiro atoms. The average molecular weight is 439 g/mol. The zero-order valence-corrected chi connectivity index (χ0v) is 19.9. The first kappa shape index (κ1) is 21.7. The van der Waals surface area contributed by atoms with Crippen LogP contribution in [0.1, 0.15) is 63.9 Å². The van der Waals surface area contributed by atoms with Crippen molar-refractivity contribution in [3.05, 3.63) is 35.9 Å². The molecule has 0 unspecified atom stereocenters. The second-order valence-electron chi connectivity index (χ2n) is 11.2. The third-order valence-corrected chi connectivity index (χ3v) is 8.66. The van der Waals surface area contributed by atoms with E-state index >= 15 is 0 Å². The Kier molecular flexibility index (Phi) is 5.27. The Labute approximate surface area is 192 Å². The van der Waals surface area contributed by atoms with Gasteiger partial charge in [0.2, 0.25) is 5.91 Å². The van der Waals surface area contributed by atoms with E-state index in [1.165, 1.54) is 18.4 Å². The summed E-state index contributed by atoms with van der Waals surface area (Å²) in [6, 6.07) is 11.1. The molecule has 6 nitrogen and oxygen atoms in total. The predicted octanol–water partition coefficient (Wildman–Crippen LogP) is 3.57. The van der Waals surface area contributed by atoms with E-state index in [1.807, 2.05) is 0 Å². The molecule has 1 aliphatic heterocycles. The smallest absolute Gasteiger partial charge is 0.320 e. The summed E-state index contributed by atoms with van der Waals surface area (Å²) < 4.78 is 0. The van der Waals surface area contributed by atoms with Gasteiger partial charge in [-0.15, -0.1) is 0 Å². The lowest BCUT2D eigenvalue weighted by atomic mass is 9.68. The van der Waals surface area contributed by atoms with E-state index in [0.717, 1.165) is 51.6 Å². The van der Waals surface area contributed by atoms with Crippen LogP contribution in [0.4, 0.5) is 4.79 Å². The molecule has 32 heavy (non-hydrogen) atoms. The van der Waals surface area contributed by atoms with Crippen LogP contribution in [0.25, 0.3) is 0 Å². The number of carbonyl (C=O) groups excluding carboxylic acids is 2. The first-order valence-electron chi connectivity index (χ1n) is 12.4. The molecule has 1 N–H and O–H groups in total. The van der Waals surface area contributed by atoms with Crippen LogP contribution in [0.15, 0.2) is 30.3 Å². The number of urea groups is 1. The maximum absolute atomic E-state index is 13.6. The topological polar surface area (TPSA) is 55.9 Å². The number of hydrogen-bond donors (Lipinski definition) is 1.